The van der Waals surface area contributed by atoms with E-state index in [1.807, 2.05) is 39.0 Å². The first-order valence-corrected chi connectivity index (χ1v) is 7.06. The van der Waals surface area contributed by atoms with E-state index >= 15 is 0 Å². The summed E-state index contributed by atoms with van der Waals surface area (Å²) in [6.07, 6.45) is 0.408. The molecule has 0 bridgehead atoms. The van der Waals surface area contributed by atoms with E-state index in [9.17, 15) is 4.79 Å². The molecule has 0 aromatic heterocycles. The Labute approximate surface area is 120 Å². The maximum absolute atomic E-state index is 12.0. The first-order chi connectivity index (χ1) is 9.37. The van der Waals surface area contributed by atoms with Crippen molar-refractivity contribution >= 4 is 16.7 Å². The molecule has 0 unspecified atom stereocenters. The SMILES string of the molecule is C[C@@H](CC(=O)OC(C)(C)C)c1cccc2ccccc12. The van der Waals surface area contributed by atoms with Gasteiger partial charge in [-0.15, -0.1) is 0 Å². The summed E-state index contributed by atoms with van der Waals surface area (Å²) in [7, 11) is 0. The molecule has 0 amide bonds. The molecule has 20 heavy (non-hydrogen) atoms. The number of hydrogen-bond donors (Lipinski definition) is 0. The Balaban J connectivity index is 2.20. The van der Waals surface area contributed by atoms with Crippen LogP contribution < -0.4 is 0 Å². The Kier molecular flexibility index (Phi) is 4.12. The van der Waals surface area contributed by atoms with Crippen LogP contribution in [0.3, 0.4) is 0 Å². The molecule has 2 aromatic rings. The monoisotopic (exact) mass is 270 g/mol. The number of benzene rings is 2. The number of carbonyl (C=O) groups is 1. The van der Waals surface area contributed by atoms with Crippen LogP contribution in [0.4, 0.5) is 0 Å². The molecule has 0 aliphatic rings. The molecule has 0 aliphatic heterocycles. The minimum absolute atomic E-state index is 0.141. The Morgan fingerprint density at radius 2 is 1.75 bits per heavy atom. The van der Waals surface area contributed by atoms with E-state index in [1.54, 1.807) is 0 Å². The van der Waals surface area contributed by atoms with E-state index in [0.29, 0.717) is 6.42 Å². The van der Waals surface area contributed by atoms with Crippen LogP contribution in [-0.2, 0) is 9.53 Å². The maximum Gasteiger partial charge on any atom is 0.306 e. The van der Waals surface area contributed by atoms with Gasteiger partial charge in [0.25, 0.3) is 0 Å². The normalized spacial score (nSPS) is 13.2. The van der Waals surface area contributed by atoms with Gasteiger partial charge >= 0.3 is 5.97 Å². The van der Waals surface area contributed by atoms with Gasteiger partial charge < -0.3 is 4.74 Å². The van der Waals surface area contributed by atoms with Crippen LogP contribution in [-0.4, -0.2) is 11.6 Å². The van der Waals surface area contributed by atoms with Gasteiger partial charge in [-0.05, 0) is 43.0 Å². The number of carbonyl (C=O) groups excluding carboxylic acids is 1. The molecular formula is C18H22O2. The van der Waals surface area contributed by atoms with E-state index in [2.05, 4.69) is 31.2 Å². The Morgan fingerprint density at radius 3 is 2.45 bits per heavy atom. The lowest BCUT2D eigenvalue weighted by Crippen LogP contribution is -2.24. The van der Waals surface area contributed by atoms with Gasteiger partial charge in [-0.1, -0.05) is 49.4 Å². The second kappa shape index (κ2) is 5.66. The topological polar surface area (TPSA) is 26.3 Å². The zero-order valence-corrected chi connectivity index (χ0v) is 12.6. The molecule has 2 heteroatoms. The first kappa shape index (κ1) is 14.6. The molecule has 106 valence electrons. The lowest BCUT2D eigenvalue weighted by molar-refractivity contribution is -0.155. The quantitative estimate of drug-likeness (QED) is 0.757. The van der Waals surface area contributed by atoms with Crippen molar-refractivity contribution < 1.29 is 9.53 Å². The van der Waals surface area contributed by atoms with Crippen LogP contribution in [0.25, 0.3) is 10.8 Å². The van der Waals surface area contributed by atoms with Crippen LogP contribution in [0.2, 0.25) is 0 Å². The van der Waals surface area contributed by atoms with Crippen molar-refractivity contribution in [3.05, 3.63) is 48.0 Å². The second-order valence-corrected chi connectivity index (χ2v) is 6.26. The summed E-state index contributed by atoms with van der Waals surface area (Å²) in [5.74, 6) is 0.00823. The maximum atomic E-state index is 12.0. The Morgan fingerprint density at radius 1 is 1.10 bits per heavy atom. The van der Waals surface area contributed by atoms with Crippen molar-refractivity contribution in [3.8, 4) is 0 Å². The third-order valence-corrected chi connectivity index (χ3v) is 3.25. The summed E-state index contributed by atoms with van der Waals surface area (Å²) < 4.78 is 5.40. The molecule has 0 fully saturated rings. The highest BCUT2D eigenvalue weighted by Gasteiger charge is 2.19. The van der Waals surface area contributed by atoms with E-state index in [0.717, 1.165) is 0 Å². The van der Waals surface area contributed by atoms with E-state index < -0.39 is 5.60 Å². The molecule has 0 heterocycles. The first-order valence-electron chi connectivity index (χ1n) is 7.06. The van der Waals surface area contributed by atoms with Gasteiger partial charge in [-0.2, -0.15) is 0 Å². The standard InChI is InChI=1S/C18H22O2/c1-13(12-17(19)20-18(2,3)4)15-11-7-9-14-8-5-6-10-16(14)15/h5-11,13H,12H2,1-4H3/t13-/m0/s1. The van der Waals surface area contributed by atoms with Gasteiger partial charge in [0.05, 0.1) is 6.42 Å². The van der Waals surface area contributed by atoms with Crippen LogP contribution in [0, 0.1) is 0 Å². The summed E-state index contributed by atoms with van der Waals surface area (Å²) in [6, 6.07) is 14.5. The van der Waals surface area contributed by atoms with Crippen LogP contribution in [0.15, 0.2) is 42.5 Å². The van der Waals surface area contributed by atoms with E-state index in [4.69, 9.17) is 4.74 Å². The van der Waals surface area contributed by atoms with Crippen molar-refractivity contribution in [2.75, 3.05) is 0 Å². The average molecular weight is 270 g/mol. The molecule has 0 N–H and O–H groups in total. The van der Waals surface area contributed by atoms with Crippen molar-refractivity contribution in [3.63, 3.8) is 0 Å². The number of rotatable bonds is 3. The third kappa shape index (κ3) is 3.60. The largest absolute Gasteiger partial charge is 0.460 e. The fraction of sp³-hybridized carbons (Fsp3) is 0.389. The lowest BCUT2D eigenvalue weighted by Gasteiger charge is -2.21. The van der Waals surface area contributed by atoms with Gasteiger partial charge in [-0.25, -0.2) is 0 Å². The number of hydrogen-bond acceptors (Lipinski definition) is 2. The fourth-order valence-corrected chi connectivity index (χ4v) is 2.42. The van der Waals surface area contributed by atoms with Gasteiger partial charge in [0.2, 0.25) is 0 Å². The molecule has 0 spiro atoms. The minimum Gasteiger partial charge on any atom is -0.460 e. The molecule has 0 radical (unpaired) electrons. The molecule has 2 nitrogen and oxygen atoms in total. The fourth-order valence-electron chi connectivity index (χ4n) is 2.42. The van der Waals surface area contributed by atoms with Crippen LogP contribution in [0.5, 0.6) is 0 Å². The van der Waals surface area contributed by atoms with Crippen LogP contribution >= 0.6 is 0 Å². The summed E-state index contributed by atoms with van der Waals surface area (Å²) in [5, 5.41) is 2.42. The number of fused-ring (bicyclic) bond motifs is 1. The summed E-state index contributed by atoms with van der Waals surface area (Å²) >= 11 is 0. The van der Waals surface area contributed by atoms with Crippen molar-refractivity contribution in [2.45, 2.75) is 45.6 Å². The average Bonchev–Trinajstić information content (AvgIpc) is 2.35. The predicted octanol–water partition coefficient (Wildman–Crippen LogP) is 4.68. The van der Waals surface area contributed by atoms with Crippen molar-refractivity contribution in [1.29, 1.82) is 0 Å². The molecule has 2 aromatic carbocycles. The second-order valence-electron chi connectivity index (χ2n) is 6.26. The highest BCUT2D eigenvalue weighted by atomic mass is 16.6. The van der Waals surface area contributed by atoms with Crippen molar-refractivity contribution in [1.82, 2.24) is 0 Å². The van der Waals surface area contributed by atoms with E-state index in [-0.39, 0.29) is 11.9 Å². The molecule has 0 aliphatic carbocycles. The predicted molar refractivity (Wildman–Crippen MR) is 82.8 cm³/mol. The molecule has 0 saturated heterocycles. The highest BCUT2D eigenvalue weighted by molar-refractivity contribution is 5.86. The van der Waals surface area contributed by atoms with E-state index in [1.165, 1.54) is 16.3 Å². The van der Waals surface area contributed by atoms with Gasteiger partial charge in [0.1, 0.15) is 5.60 Å². The Hall–Kier alpha value is -1.83. The van der Waals surface area contributed by atoms with Crippen molar-refractivity contribution in [2.24, 2.45) is 0 Å². The molecule has 0 saturated carbocycles. The van der Waals surface area contributed by atoms with Crippen LogP contribution in [0.1, 0.15) is 45.6 Å². The van der Waals surface area contributed by atoms with Gasteiger partial charge in [0, 0.05) is 0 Å². The molecule has 1 atom stereocenters. The third-order valence-electron chi connectivity index (χ3n) is 3.25. The number of esters is 1. The number of ether oxygens (including phenoxy) is 1. The highest BCUT2D eigenvalue weighted by Crippen LogP contribution is 2.28. The summed E-state index contributed by atoms with van der Waals surface area (Å²) in [4.78, 5) is 12.0. The van der Waals surface area contributed by atoms with Gasteiger partial charge in [0.15, 0.2) is 0 Å². The molecular weight excluding hydrogens is 248 g/mol. The summed E-state index contributed by atoms with van der Waals surface area (Å²) in [5.41, 5.74) is 0.782. The Bertz CT molecular complexity index is 603. The summed E-state index contributed by atoms with van der Waals surface area (Å²) in [6.45, 7) is 7.76. The lowest BCUT2D eigenvalue weighted by atomic mass is 9.92. The smallest absolute Gasteiger partial charge is 0.306 e. The zero-order valence-electron chi connectivity index (χ0n) is 12.6. The molecule has 2 rings (SSSR count). The zero-order chi connectivity index (χ0) is 14.8. The minimum atomic E-state index is -0.421. The van der Waals surface area contributed by atoms with Gasteiger partial charge in [-0.3, -0.25) is 4.79 Å².